The molecule has 3 heteroatoms. The van der Waals surface area contributed by atoms with Crippen LogP contribution in [0.4, 0.5) is 4.39 Å². The molecule has 0 aliphatic carbocycles. The van der Waals surface area contributed by atoms with Crippen molar-refractivity contribution in [3.05, 3.63) is 29.6 Å². The van der Waals surface area contributed by atoms with Gasteiger partial charge in [-0.05, 0) is 12.5 Å². The Morgan fingerprint density at radius 1 is 1.33 bits per heavy atom. The average Bonchev–Trinajstić information content (AvgIpc) is 2.34. The fraction of sp³-hybridized carbons (Fsp3) is 0.600. The maximum atomic E-state index is 14.0. The van der Waals surface area contributed by atoms with Gasteiger partial charge in [0.25, 0.3) is 0 Å². The Morgan fingerprint density at radius 2 is 2.06 bits per heavy atom. The predicted molar refractivity (Wildman–Crippen MR) is 73.5 cm³/mol. The Kier molecular flexibility index (Phi) is 6.13. The Balaban J connectivity index is 2.89. The molecule has 0 bridgehead atoms. The van der Waals surface area contributed by atoms with Gasteiger partial charge in [0.2, 0.25) is 0 Å². The van der Waals surface area contributed by atoms with Crippen LogP contribution in [0.15, 0.2) is 18.2 Å². The van der Waals surface area contributed by atoms with Crippen molar-refractivity contribution >= 4 is 0 Å². The number of methoxy groups -OCH3 is 1. The maximum Gasteiger partial charge on any atom is 0.131 e. The Labute approximate surface area is 110 Å². The summed E-state index contributed by atoms with van der Waals surface area (Å²) in [5.74, 6) is 0.374. The highest BCUT2D eigenvalue weighted by atomic mass is 19.1. The van der Waals surface area contributed by atoms with Crippen LogP contribution in [-0.2, 0) is 0 Å². The van der Waals surface area contributed by atoms with Gasteiger partial charge in [-0.2, -0.15) is 0 Å². The number of benzene rings is 1. The zero-order valence-corrected chi connectivity index (χ0v) is 11.8. The van der Waals surface area contributed by atoms with Crippen LogP contribution in [0.2, 0.25) is 0 Å². The van der Waals surface area contributed by atoms with E-state index in [0.29, 0.717) is 11.8 Å². The third kappa shape index (κ3) is 4.30. The standard InChI is InChI=1S/C15H24FNO/c1-5-6-7-15(17-11(2)3)13-9-8-12(18-4)10-14(13)16/h8-11,15,17H,5-7H2,1-4H3. The molecule has 1 N–H and O–H groups in total. The first-order valence-corrected chi connectivity index (χ1v) is 6.68. The number of ether oxygens (including phenoxy) is 1. The van der Waals surface area contributed by atoms with Crippen molar-refractivity contribution in [1.29, 1.82) is 0 Å². The van der Waals surface area contributed by atoms with Gasteiger partial charge >= 0.3 is 0 Å². The van der Waals surface area contributed by atoms with Crippen LogP contribution in [0.3, 0.4) is 0 Å². The van der Waals surface area contributed by atoms with Crippen LogP contribution >= 0.6 is 0 Å². The Hall–Kier alpha value is -1.09. The van der Waals surface area contributed by atoms with Crippen LogP contribution in [0.25, 0.3) is 0 Å². The summed E-state index contributed by atoms with van der Waals surface area (Å²) >= 11 is 0. The molecule has 1 atom stereocenters. The fourth-order valence-electron chi connectivity index (χ4n) is 2.06. The highest BCUT2D eigenvalue weighted by molar-refractivity contribution is 5.30. The number of hydrogen-bond donors (Lipinski definition) is 1. The summed E-state index contributed by atoms with van der Waals surface area (Å²) in [6.07, 6.45) is 3.17. The molecular formula is C15H24FNO. The van der Waals surface area contributed by atoms with Crippen LogP contribution in [-0.4, -0.2) is 13.2 Å². The summed E-state index contributed by atoms with van der Waals surface area (Å²) in [5.41, 5.74) is 0.734. The summed E-state index contributed by atoms with van der Waals surface area (Å²) in [6, 6.07) is 5.52. The van der Waals surface area contributed by atoms with Crippen molar-refractivity contribution in [3.8, 4) is 5.75 Å². The minimum Gasteiger partial charge on any atom is -0.497 e. The van der Waals surface area contributed by atoms with Gasteiger partial charge in [-0.3, -0.25) is 0 Å². The molecule has 0 saturated heterocycles. The highest BCUT2D eigenvalue weighted by Gasteiger charge is 2.16. The van der Waals surface area contributed by atoms with Crippen LogP contribution in [0.5, 0.6) is 5.75 Å². The largest absolute Gasteiger partial charge is 0.497 e. The third-order valence-electron chi connectivity index (χ3n) is 2.96. The second-order valence-corrected chi connectivity index (χ2v) is 4.90. The molecule has 0 saturated carbocycles. The number of hydrogen-bond acceptors (Lipinski definition) is 2. The van der Waals surface area contributed by atoms with Crippen molar-refractivity contribution in [2.24, 2.45) is 0 Å². The van der Waals surface area contributed by atoms with Gasteiger partial charge in [-0.15, -0.1) is 0 Å². The van der Waals surface area contributed by atoms with E-state index in [1.807, 2.05) is 12.1 Å². The van der Waals surface area contributed by atoms with E-state index in [-0.39, 0.29) is 11.9 Å². The van der Waals surface area contributed by atoms with E-state index >= 15 is 0 Å². The molecule has 0 aromatic heterocycles. The van der Waals surface area contributed by atoms with Crippen molar-refractivity contribution in [2.75, 3.05) is 7.11 Å². The van der Waals surface area contributed by atoms with Crippen LogP contribution in [0.1, 0.15) is 51.6 Å². The van der Waals surface area contributed by atoms with E-state index in [9.17, 15) is 4.39 Å². The molecule has 0 aliphatic heterocycles. The summed E-state index contributed by atoms with van der Waals surface area (Å²) < 4.78 is 19.1. The molecule has 2 nitrogen and oxygen atoms in total. The van der Waals surface area contributed by atoms with Gasteiger partial charge < -0.3 is 10.1 Å². The van der Waals surface area contributed by atoms with Crippen LogP contribution < -0.4 is 10.1 Å². The summed E-state index contributed by atoms with van der Waals surface area (Å²) in [7, 11) is 1.55. The molecule has 0 amide bonds. The smallest absolute Gasteiger partial charge is 0.131 e. The van der Waals surface area contributed by atoms with Crippen molar-refractivity contribution < 1.29 is 9.13 Å². The van der Waals surface area contributed by atoms with Gasteiger partial charge in [-0.25, -0.2) is 4.39 Å². The van der Waals surface area contributed by atoms with Crippen LogP contribution in [0, 0.1) is 5.82 Å². The van der Waals surface area contributed by atoms with E-state index in [1.165, 1.54) is 6.07 Å². The topological polar surface area (TPSA) is 21.3 Å². The molecule has 102 valence electrons. The summed E-state index contributed by atoms with van der Waals surface area (Å²) in [5, 5.41) is 3.43. The zero-order chi connectivity index (χ0) is 13.5. The molecular weight excluding hydrogens is 229 g/mol. The van der Waals surface area contributed by atoms with Crippen molar-refractivity contribution in [2.45, 2.75) is 52.1 Å². The molecule has 1 aromatic rings. The lowest BCUT2D eigenvalue weighted by atomic mass is 9.99. The molecule has 0 aliphatic rings. The lowest BCUT2D eigenvalue weighted by molar-refractivity contribution is 0.403. The molecule has 0 heterocycles. The Morgan fingerprint density at radius 3 is 2.56 bits per heavy atom. The minimum atomic E-state index is -0.191. The quantitative estimate of drug-likeness (QED) is 0.791. The van der Waals surface area contributed by atoms with E-state index in [0.717, 1.165) is 24.8 Å². The normalized spacial score (nSPS) is 12.8. The summed E-state index contributed by atoms with van der Waals surface area (Å²) in [6.45, 7) is 6.32. The van der Waals surface area contributed by atoms with E-state index < -0.39 is 0 Å². The fourth-order valence-corrected chi connectivity index (χ4v) is 2.06. The second kappa shape index (κ2) is 7.37. The molecule has 0 spiro atoms. The third-order valence-corrected chi connectivity index (χ3v) is 2.96. The number of rotatable bonds is 7. The van der Waals surface area contributed by atoms with E-state index in [2.05, 4.69) is 26.1 Å². The monoisotopic (exact) mass is 253 g/mol. The van der Waals surface area contributed by atoms with E-state index in [4.69, 9.17) is 4.74 Å². The average molecular weight is 253 g/mol. The zero-order valence-electron chi connectivity index (χ0n) is 11.8. The first-order chi connectivity index (χ1) is 8.58. The van der Waals surface area contributed by atoms with Gasteiger partial charge in [0.05, 0.1) is 7.11 Å². The predicted octanol–water partition coefficient (Wildman–Crippen LogP) is 4.06. The first kappa shape index (κ1) is 15.0. The number of nitrogens with one attached hydrogen (secondary N) is 1. The molecule has 1 rings (SSSR count). The number of halogens is 1. The molecule has 0 fully saturated rings. The Bertz CT molecular complexity index is 366. The number of unbranched alkanes of at least 4 members (excludes halogenated alkanes) is 1. The lowest BCUT2D eigenvalue weighted by Gasteiger charge is -2.22. The molecule has 1 aromatic carbocycles. The van der Waals surface area contributed by atoms with E-state index in [1.54, 1.807) is 7.11 Å². The maximum absolute atomic E-state index is 14.0. The van der Waals surface area contributed by atoms with Gasteiger partial charge in [0.1, 0.15) is 11.6 Å². The van der Waals surface area contributed by atoms with Gasteiger partial charge in [0, 0.05) is 23.7 Å². The highest BCUT2D eigenvalue weighted by Crippen LogP contribution is 2.25. The van der Waals surface area contributed by atoms with Crippen molar-refractivity contribution in [1.82, 2.24) is 5.32 Å². The molecule has 0 radical (unpaired) electrons. The second-order valence-electron chi connectivity index (χ2n) is 4.90. The molecule has 1 unspecified atom stereocenters. The van der Waals surface area contributed by atoms with Gasteiger partial charge in [-0.1, -0.05) is 39.7 Å². The first-order valence-electron chi connectivity index (χ1n) is 6.68. The minimum absolute atomic E-state index is 0.0795. The lowest BCUT2D eigenvalue weighted by Crippen LogP contribution is -2.28. The summed E-state index contributed by atoms with van der Waals surface area (Å²) in [4.78, 5) is 0. The van der Waals surface area contributed by atoms with Crippen molar-refractivity contribution in [3.63, 3.8) is 0 Å². The van der Waals surface area contributed by atoms with Gasteiger partial charge in [0.15, 0.2) is 0 Å². The SMILES string of the molecule is CCCCC(NC(C)C)c1ccc(OC)cc1F. The molecule has 18 heavy (non-hydrogen) atoms.